The van der Waals surface area contributed by atoms with E-state index >= 15 is 0 Å². The maximum absolute atomic E-state index is 12.7. The molecule has 0 aliphatic rings. The molecule has 5 heteroatoms. The van der Waals surface area contributed by atoms with Gasteiger partial charge in [-0.2, -0.15) is 0 Å². The van der Waals surface area contributed by atoms with E-state index < -0.39 is 23.8 Å². The third-order valence-electron chi connectivity index (χ3n) is 4.06. The van der Waals surface area contributed by atoms with Crippen LogP contribution in [-0.4, -0.2) is 34.7 Å². The van der Waals surface area contributed by atoms with E-state index in [0.29, 0.717) is 13.1 Å². The van der Waals surface area contributed by atoms with Crippen LogP contribution in [0.15, 0.2) is 42.5 Å². The molecule has 0 spiro atoms. The van der Waals surface area contributed by atoms with Gasteiger partial charge in [-0.25, -0.2) is 4.79 Å². The Bertz CT molecular complexity index is 864. The number of fused-ring (bicyclic) bond motifs is 1. The molecule has 0 saturated heterocycles. The van der Waals surface area contributed by atoms with Gasteiger partial charge < -0.3 is 9.64 Å². The number of hydrogen-bond acceptors (Lipinski definition) is 4. The number of amides is 1. The van der Waals surface area contributed by atoms with Crippen molar-refractivity contribution in [1.82, 2.24) is 4.90 Å². The van der Waals surface area contributed by atoms with E-state index in [9.17, 15) is 14.4 Å². The van der Waals surface area contributed by atoms with Crippen molar-refractivity contribution in [2.45, 2.75) is 53.2 Å². The monoisotopic (exact) mass is 383 g/mol. The predicted molar refractivity (Wildman–Crippen MR) is 110 cm³/mol. The van der Waals surface area contributed by atoms with Gasteiger partial charge in [-0.1, -0.05) is 50.2 Å². The largest absolute Gasteiger partial charge is 0.454 e. The smallest absolute Gasteiger partial charge is 0.375 e. The molecular formula is C23H29NO4. The zero-order valence-electron chi connectivity index (χ0n) is 17.3. The van der Waals surface area contributed by atoms with Gasteiger partial charge in [0.2, 0.25) is 11.7 Å². The zero-order valence-corrected chi connectivity index (χ0v) is 17.3. The Morgan fingerprint density at radius 2 is 1.64 bits per heavy atom. The molecule has 0 aliphatic heterocycles. The normalized spacial score (nSPS) is 11.5. The molecular weight excluding hydrogens is 354 g/mol. The average molecular weight is 383 g/mol. The second-order valence-electron chi connectivity index (χ2n) is 8.45. The van der Waals surface area contributed by atoms with Gasteiger partial charge >= 0.3 is 5.97 Å². The highest BCUT2D eigenvalue weighted by atomic mass is 16.6. The Labute approximate surface area is 166 Å². The minimum Gasteiger partial charge on any atom is -0.454 e. The van der Waals surface area contributed by atoms with Crippen LogP contribution in [-0.2, 0) is 25.7 Å². The van der Waals surface area contributed by atoms with Crippen molar-refractivity contribution in [1.29, 1.82) is 0 Å². The molecule has 150 valence electrons. The zero-order chi connectivity index (χ0) is 20.9. The number of ether oxygens (including phenoxy) is 1. The Hall–Kier alpha value is -2.69. The first-order valence-electron chi connectivity index (χ1n) is 9.57. The summed E-state index contributed by atoms with van der Waals surface area (Å²) in [6, 6.07) is 14.1. The summed E-state index contributed by atoms with van der Waals surface area (Å²) >= 11 is 0. The van der Waals surface area contributed by atoms with Gasteiger partial charge in [-0.15, -0.1) is 0 Å². The Kier molecular flexibility index (Phi) is 6.95. The summed E-state index contributed by atoms with van der Waals surface area (Å²) < 4.78 is 5.07. The number of carbonyl (C=O) groups is 3. The first-order chi connectivity index (χ1) is 13.0. The summed E-state index contributed by atoms with van der Waals surface area (Å²) in [6.45, 7) is 9.98. The standard InChI is InChI=1S/C23H29NO4/c1-16(2)14-24(21(26)13-20(25)22(27)28-23(3,4)5)15-17-10-11-18-8-6-7-9-19(18)12-17/h6-12,16H,13-15H2,1-5H3. The predicted octanol–water partition coefficient (Wildman–Crippen LogP) is 4.13. The number of Topliss-reactive ketones (excluding diaryl/α,β-unsaturated/α-hetero) is 1. The lowest BCUT2D eigenvalue weighted by Gasteiger charge is -2.25. The van der Waals surface area contributed by atoms with Gasteiger partial charge in [0.1, 0.15) is 5.60 Å². The van der Waals surface area contributed by atoms with Crippen molar-refractivity contribution in [2.24, 2.45) is 5.92 Å². The van der Waals surface area contributed by atoms with Crippen LogP contribution in [0, 0.1) is 5.92 Å². The fourth-order valence-corrected chi connectivity index (χ4v) is 2.91. The molecule has 0 atom stereocenters. The fourth-order valence-electron chi connectivity index (χ4n) is 2.91. The van der Waals surface area contributed by atoms with E-state index in [0.717, 1.165) is 16.3 Å². The molecule has 0 bridgehead atoms. The van der Waals surface area contributed by atoms with Gasteiger partial charge in [0.15, 0.2) is 0 Å². The lowest BCUT2D eigenvalue weighted by Crippen LogP contribution is -2.37. The number of hydrogen-bond donors (Lipinski definition) is 0. The van der Waals surface area contributed by atoms with Crippen molar-refractivity contribution in [3.63, 3.8) is 0 Å². The van der Waals surface area contributed by atoms with E-state index in [1.165, 1.54) is 0 Å². The molecule has 0 unspecified atom stereocenters. The molecule has 0 N–H and O–H groups in total. The number of nitrogens with zero attached hydrogens (tertiary/aromatic N) is 1. The van der Waals surface area contributed by atoms with E-state index in [1.54, 1.807) is 25.7 Å². The molecule has 0 aliphatic carbocycles. The van der Waals surface area contributed by atoms with Crippen LogP contribution in [0.3, 0.4) is 0 Å². The number of carbonyl (C=O) groups excluding carboxylic acids is 3. The van der Waals surface area contributed by atoms with Crippen molar-refractivity contribution < 1.29 is 19.1 Å². The molecule has 0 radical (unpaired) electrons. The summed E-state index contributed by atoms with van der Waals surface area (Å²) in [4.78, 5) is 38.4. The lowest BCUT2D eigenvalue weighted by molar-refractivity contribution is -0.163. The van der Waals surface area contributed by atoms with Crippen LogP contribution in [0.25, 0.3) is 10.8 Å². The molecule has 0 heterocycles. The van der Waals surface area contributed by atoms with Crippen LogP contribution >= 0.6 is 0 Å². The highest BCUT2D eigenvalue weighted by Crippen LogP contribution is 2.18. The van der Waals surface area contributed by atoms with Gasteiger partial charge in [0.25, 0.3) is 0 Å². The Morgan fingerprint density at radius 3 is 2.25 bits per heavy atom. The topological polar surface area (TPSA) is 63.7 Å². The third kappa shape index (κ3) is 6.48. The molecule has 5 nitrogen and oxygen atoms in total. The van der Waals surface area contributed by atoms with Crippen LogP contribution in [0.5, 0.6) is 0 Å². The lowest BCUT2D eigenvalue weighted by atomic mass is 10.1. The summed E-state index contributed by atoms with van der Waals surface area (Å²) in [5.74, 6) is -1.90. The SMILES string of the molecule is CC(C)CN(Cc1ccc2ccccc2c1)C(=O)CC(=O)C(=O)OC(C)(C)C. The van der Waals surface area contributed by atoms with E-state index in [-0.39, 0.29) is 11.8 Å². The summed E-state index contributed by atoms with van der Waals surface area (Å²) in [5, 5.41) is 2.23. The molecule has 2 aromatic carbocycles. The molecule has 2 rings (SSSR count). The minimum absolute atomic E-state index is 0.237. The Morgan fingerprint density at radius 1 is 1.00 bits per heavy atom. The van der Waals surface area contributed by atoms with E-state index in [4.69, 9.17) is 4.74 Å². The Balaban J connectivity index is 2.12. The number of esters is 1. The summed E-state index contributed by atoms with van der Waals surface area (Å²) in [7, 11) is 0. The first kappa shape index (κ1) is 21.6. The number of benzene rings is 2. The molecule has 28 heavy (non-hydrogen) atoms. The van der Waals surface area contributed by atoms with Crippen LogP contribution in [0.1, 0.15) is 46.6 Å². The summed E-state index contributed by atoms with van der Waals surface area (Å²) in [6.07, 6.45) is -0.477. The maximum Gasteiger partial charge on any atom is 0.375 e. The molecule has 2 aromatic rings. The average Bonchev–Trinajstić information content (AvgIpc) is 2.59. The van der Waals surface area contributed by atoms with Gasteiger partial charge in [0.05, 0.1) is 6.42 Å². The van der Waals surface area contributed by atoms with Gasteiger partial charge in [-0.05, 0) is 49.1 Å². The van der Waals surface area contributed by atoms with Crippen LogP contribution in [0.4, 0.5) is 0 Å². The number of rotatable bonds is 7. The van der Waals surface area contributed by atoms with E-state index in [1.807, 2.05) is 56.3 Å². The highest BCUT2D eigenvalue weighted by Gasteiger charge is 2.27. The molecule has 0 saturated carbocycles. The number of ketones is 1. The quantitative estimate of drug-likeness (QED) is 0.410. The fraction of sp³-hybridized carbons (Fsp3) is 0.435. The van der Waals surface area contributed by atoms with Crippen molar-refractivity contribution >= 4 is 28.4 Å². The highest BCUT2D eigenvalue weighted by molar-refractivity contribution is 6.37. The molecule has 1 amide bonds. The second-order valence-corrected chi connectivity index (χ2v) is 8.45. The third-order valence-corrected chi connectivity index (χ3v) is 4.06. The summed E-state index contributed by atoms with van der Waals surface area (Å²) in [5.41, 5.74) is 0.218. The van der Waals surface area contributed by atoms with Crippen LogP contribution < -0.4 is 0 Å². The first-order valence-corrected chi connectivity index (χ1v) is 9.57. The maximum atomic E-state index is 12.7. The van der Waals surface area contributed by atoms with Crippen molar-refractivity contribution in [3.8, 4) is 0 Å². The second kappa shape index (κ2) is 9.00. The van der Waals surface area contributed by atoms with E-state index in [2.05, 4.69) is 0 Å². The molecule has 0 aromatic heterocycles. The molecule has 0 fully saturated rings. The van der Waals surface area contributed by atoms with Crippen LogP contribution in [0.2, 0.25) is 0 Å². The minimum atomic E-state index is -0.962. The van der Waals surface area contributed by atoms with Crippen molar-refractivity contribution in [3.05, 3.63) is 48.0 Å². The van der Waals surface area contributed by atoms with Gasteiger partial charge in [0, 0.05) is 13.1 Å². The van der Waals surface area contributed by atoms with Crippen molar-refractivity contribution in [2.75, 3.05) is 6.54 Å². The van der Waals surface area contributed by atoms with Gasteiger partial charge in [-0.3, -0.25) is 9.59 Å².